The molecule has 0 aliphatic carbocycles. The van der Waals surface area contributed by atoms with Crippen LogP contribution in [0.15, 0.2) is 54.6 Å². The SMILES string of the molecule is CCCOc1ccccc1/C=C/C(=O)Nc1ccc(C(=O)OC)cc1. The smallest absolute Gasteiger partial charge is 0.337 e. The monoisotopic (exact) mass is 339 g/mol. The number of methoxy groups -OCH3 is 1. The van der Waals surface area contributed by atoms with E-state index >= 15 is 0 Å². The highest BCUT2D eigenvalue weighted by Gasteiger charge is 2.05. The Bertz CT molecular complexity index is 751. The molecule has 0 unspecified atom stereocenters. The zero-order chi connectivity index (χ0) is 18.1. The molecule has 0 heterocycles. The van der Waals surface area contributed by atoms with Crippen molar-refractivity contribution in [3.8, 4) is 5.75 Å². The number of carbonyl (C=O) groups excluding carboxylic acids is 2. The molecule has 5 nitrogen and oxygen atoms in total. The van der Waals surface area contributed by atoms with Gasteiger partial charge in [0.25, 0.3) is 0 Å². The molecule has 2 aromatic carbocycles. The van der Waals surface area contributed by atoms with Crippen LogP contribution in [0, 0.1) is 0 Å². The van der Waals surface area contributed by atoms with Crippen LogP contribution in [-0.2, 0) is 9.53 Å². The molecule has 0 aromatic heterocycles. The fourth-order valence-electron chi connectivity index (χ4n) is 2.12. The molecule has 0 atom stereocenters. The predicted molar refractivity (Wildman–Crippen MR) is 97.7 cm³/mol. The minimum atomic E-state index is -0.415. The Labute approximate surface area is 147 Å². The van der Waals surface area contributed by atoms with E-state index in [0.29, 0.717) is 17.9 Å². The highest BCUT2D eigenvalue weighted by atomic mass is 16.5. The molecule has 0 bridgehead atoms. The molecule has 0 spiro atoms. The van der Waals surface area contributed by atoms with Crippen LogP contribution in [0.2, 0.25) is 0 Å². The molecular weight excluding hydrogens is 318 g/mol. The first kappa shape index (κ1) is 18.3. The van der Waals surface area contributed by atoms with Crippen LogP contribution in [0.4, 0.5) is 5.69 Å². The van der Waals surface area contributed by atoms with E-state index in [1.54, 1.807) is 30.3 Å². The highest BCUT2D eigenvalue weighted by Crippen LogP contribution is 2.19. The first-order valence-electron chi connectivity index (χ1n) is 8.03. The number of anilines is 1. The third-order valence-electron chi connectivity index (χ3n) is 3.37. The van der Waals surface area contributed by atoms with E-state index in [1.165, 1.54) is 13.2 Å². The lowest BCUT2D eigenvalue weighted by Gasteiger charge is -2.07. The first-order chi connectivity index (χ1) is 12.1. The number of benzene rings is 2. The van der Waals surface area contributed by atoms with Gasteiger partial charge in [-0.1, -0.05) is 25.1 Å². The second-order valence-corrected chi connectivity index (χ2v) is 5.28. The molecule has 0 fully saturated rings. The van der Waals surface area contributed by atoms with Crippen molar-refractivity contribution >= 4 is 23.6 Å². The fourth-order valence-corrected chi connectivity index (χ4v) is 2.12. The summed E-state index contributed by atoms with van der Waals surface area (Å²) in [4.78, 5) is 23.4. The quantitative estimate of drug-likeness (QED) is 0.613. The lowest BCUT2D eigenvalue weighted by molar-refractivity contribution is -0.111. The Morgan fingerprint density at radius 2 is 1.80 bits per heavy atom. The van der Waals surface area contributed by atoms with E-state index < -0.39 is 5.97 Å². The van der Waals surface area contributed by atoms with Gasteiger partial charge in [-0.25, -0.2) is 4.79 Å². The van der Waals surface area contributed by atoms with E-state index in [2.05, 4.69) is 10.1 Å². The molecule has 1 amide bonds. The molecule has 5 heteroatoms. The zero-order valence-electron chi connectivity index (χ0n) is 14.3. The van der Waals surface area contributed by atoms with Crippen molar-refractivity contribution in [3.63, 3.8) is 0 Å². The lowest BCUT2D eigenvalue weighted by Crippen LogP contribution is -2.08. The third-order valence-corrected chi connectivity index (χ3v) is 3.37. The van der Waals surface area contributed by atoms with Crippen molar-refractivity contribution in [2.45, 2.75) is 13.3 Å². The van der Waals surface area contributed by atoms with Crippen LogP contribution in [0.1, 0.15) is 29.3 Å². The summed E-state index contributed by atoms with van der Waals surface area (Å²) in [6, 6.07) is 14.0. The van der Waals surface area contributed by atoms with Gasteiger partial charge < -0.3 is 14.8 Å². The minimum Gasteiger partial charge on any atom is -0.493 e. The second kappa shape index (κ2) is 9.27. The Hall–Kier alpha value is -3.08. The Kier molecular flexibility index (Phi) is 6.77. The maximum absolute atomic E-state index is 12.1. The number of nitrogens with one attached hydrogen (secondary N) is 1. The van der Waals surface area contributed by atoms with Crippen LogP contribution in [0.25, 0.3) is 6.08 Å². The summed E-state index contributed by atoms with van der Waals surface area (Å²) in [6.45, 7) is 2.67. The van der Waals surface area contributed by atoms with Gasteiger partial charge in [-0.15, -0.1) is 0 Å². The summed E-state index contributed by atoms with van der Waals surface area (Å²) in [7, 11) is 1.32. The van der Waals surface area contributed by atoms with Gasteiger partial charge in [0.15, 0.2) is 0 Å². The van der Waals surface area contributed by atoms with Crippen molar-refractivity contribution < 1.29 is 19.1 Å². The van der Waals surface area contributed by atoms with E-state index in [1.807, 2.05) is 31.2 Å². The van der Waals surface area contributed by atoms with Crippen molar-refractivity contribution in [1.29, 1.82) is 0 Å². The maximum atomic E-state index is 12.1. The predicted octanol–water partition coefficient (Wildman–Crippen LogP) is 3.91. The van der Waals surface area contributed by atoms with Gasteiger partial charge in [0.05, 0.1) is 19.3 Å². The van der Waals surface area contributed by atoms with Gasteiger partial charge in [-0.3, -0.25) is 4.79 Å². The topological polar surface area (TPSA) is 64.6 Å². The van der Waals surface area contributed by atoms with E-state index in [4.69, 9.17) is 4.74 Å². The third kappa shape index (κ3) is 5.49. The maximum Gasteiger partial charge on any atom is 0.337 e. The molecule has 1 N–H and O–H groups in total. The van der Waals surface area contributed by atoms with Crippen LogP contribution < -0.4 is 10.1 Å². The van der Waals surface area contributed by atoms with Crippen LogP contribution in [0.3, 0.4) is 0 Å². The Balaban J connectivity index is 2.00. The Morgan fingerprint density at radius 1 is 1.08 bits per heavy atom. The van der Waals surface area contributed by atoms with Crippen LogP contribution in [0.5, 0.6) is 5.75 Å². The fraction of sp³-hybridized carbons (Fsp3) is 0.200. The summed E-state index contributed by atoms with van der Waals surface area (Å²) in [5.74, 6) is 0.0633. The summed E-state index contributed by atoms with van der Waals surface area (Å²) in [5, 5.41) is 2.74. The molecule has 0 radical (unpaired) electrons. The minimum absolute atomic E-state index is 0.267. The van der Waals surface area contributed by atoms with Crippen molar-refractivity contribution in [2.24, 2.45) is 0 Å². The molecule has 0 aliphatic heterocycles. The first-order valence-corrected chi connectivity index (χ1v) is 8.03. The average Bonchev–Trinajstić information content (AvgIpc) is 2.65. The van der Waals surface area contributed by atoms with Crippen molar-refractivity contribution in [1.82, 2.24) is 0 Å². The van der Waals surface area contributed by atoms with Crippen molar-refractivity contribution in [2.75, 3.05) is 19.0 Å². The second-order valence-electron chi connectivity index (χ2n) is 5.28. The normalized spacial score (nSPS) is 10.5. The summed E-state index contributed by atoms with van der Waals surface area (Å²) >= 11 is 0. The van der Waals surface area contributed by atoms with E-state index in [-0.39, 0.29) is 5.91 Å². The molecule has 0 aliphatic rings. The lowest BCUT2D eigenvalue weighted by atomic mass is 10.2. The van der Waals surface area contributed by atoms with Crippen molar-refractivity contribution in [3.05, 3.63) is 65.7 Å². The Morgan fingerprint density at radius 3 is 2.48 bits per heavy atom. The van der Waals surface area contributed by atoms with Crippen LogP contribution >= 0.6 is 0 Å². The molecule has 0 saturated heterocycles. The van der Waals surface area contributed by atoms with Gasteiger partial charge in [0, 0.05) is 17.3 Å². The van der Waals surface area contributed by atoms with Gasteiger partial charge in [-0.2, -0.15) is 0 Å². The average molecular weight is 339 g/mol. The highest BCUT2D eigenvalue weighted by molar-refractivity contribution is 6.02. The number of ether oxygens (including phenoxy) is 2. The molecule has 2 aromatic rings. The number of para-hydroxylation sites is 1. The van der Waals surface area contributed by atoms with E-state index in [9.17, 15) is 9.59 Å². The standard InChI is InChI=1S/C20H21NO4/c1-3-14-25-18-7-5-4-6-15(18)10-13-19(22)21-17-11-8-16(9-12-17)20(23)24-2/h4-13H,3,14H2,1-2H3,(H,21,22)/b13-10+. The van der Waals surface area contributed by atoms with Crippen LogP contribution in [-0.4, -0.2) is 25.6 Å². The number of hydrogen-bond acceptors (Lipinski definition) is 4. The van der Waals surface area contributed by atoms with Gasteiger partial charge >= 0.3 is 5.97 Å². The van der Waals surface area contributed by atoms with Gasteiger partial charge in [-0.05, 0) is 42.8 Å². The largest absolute Gasteiger partial charge is 0.493 e. The summed E-state index contributed by atoms with van der Waals surface area (Å²) in [6.07, 6.45) is 4.08. The molecular formula is C20H21NO4. The molecule has 0 saturated carbocycles. The molecule has 2 rings (SSSR count). The number of amides is 1. The van der Waals surface area contributed by atoms with Gasteiger partial charge in [0.2, 0.25) is 5.91 Å². The molecule has 130 valence electrons. The number of rotatable bonds is 7. The van der Waals surface area contributed by atoms with Gasteiger partial charge in [0.1, 0.15) is 5.75 Å². The zero-order valence-corrected chi connectivity index (χ0v) is 14.3. The molecule has 25 heavy (non-hydrogen) atoms. The number of hydrogen-bond donors (Lipinski definition) is 1. The summed E-state index contributed by atoms with van der Waals surface area (Å²) in [5.41, 5.74) is 1.86. The van der Waals surface area contributed by atoms with E-state index in [0.717, 1.165) is 17.7 Å². The summed E-state index contributed by atoms with van der Waals surface area (Å²) < 4.78 is 10.3. The number of carbonyl (C=O) groups is 2. The number of esters is 1.